The number of fused-ring (bicyclic) bond motifs is 5. The molecule has 0 amide bonds. The van der Waals surface area contributed by atoms with Gasteiger partial charge in [-0.25, -0.2) is 9.59 Å². The summed E-state index contributed by atoms with van der Waals surface area (Å²) in [6.45, 7) is 15.4. The molecule has 7 aliphatic rings. The Hall–Kier alpha value is -2.60. The van der Waals surface area contributed by atoms with Crippen molar-refractivity contribution in [2.75, 3.05) is 13.1 Å². The second-order valence-corrected chi connectivity index (χ2v) is 19.6. The molecule has 4 aliphatic carbocycles. The Bertz CT molecular complexity index is 1650. The minimum absolute atomic E-state index is 0.0653. The largest absolute Gasteiger partial charge is 0.506 e. The normalized spacial score (nSPS) is 50.4. The minimum atomic E-state index is -2.31. The predicted molar refractivity (Wildman–Crippen MR) is 197 cm³/mol. The Labute approximate surface area is 333 Å². The van der Waals surface area contributed by atoms with E-state index in [0.29, 0.717) is 31.8 Å². The third-order valence-electron chi connectivity index (χ3n) is 16.4. The van der Waals surface area contributed by atoms with Gasteiger partial charge in [0.15, 0.2) is 11.7 Å². The molecule has 0 aromatic heterocycles. The molecule has 0 aromatic carbocycles. The molecule has 1 spiro atoms. The summed E-state index contributed by atoms with van der Waals surface area (Å²) in [4.78, 5) is 55.4. The van der Waals surface area contributed by atoms with Crippen LogP contribution in [-0.4, -0.2) is 143 Å². The molecular formula is C41H63NO15. The van der Waals surface area contributed by atoms with Crippen molar-refractivity contribution in [3.8, 4) is 0 Å². The monoisotopic (exact) mass is 809 g/mol. The number of aliphatic hydroxyl groups excluding tert-OH is 2. The van der Waals surface area contributed by atoms with Gasteiger partial charge in [-0.05, 0) is 84.0 Å². The van der Waals surface area contributed by atoms with Crippen LogP contribution in [0.5, 0.6) is 0 Å². The highest BCUT2D eigenvalue weighted by Gasteiger charge is 2.89. The third-order valence-corrected chi connectivity index (χ3v) is 16.4. The molecule has 3 heterocycles. The van der Waals surface area contributed by atoms with Gasteiger partial charge >= 0.3 is 24.1 Å². The Morgan fingerprint density at radius 2 is 1.61 bits per heavy atom. The number of hydrogen-bond acceptors (Lipinski definition) is 15. The highest BCUT2D eigenvalue weighted by molar-refractivity contribution is 5.79. The zero-order valence-electron chi connectivity index (χ0n) is 34.5. The Kier molecular flexibility index (Phi) is 10.2. The van der Waals surface area contributed by atoms with Gasteiger partial charge < -0.3 is 54.3 Å². The van der Waals surface area contributed by atoms with Crippen molar-refractivity contribution in [1.29, 1.82) is 0 Å². The highest BCUT2D eigenvalue weighted by atomic mass is 16.7. The number of rotatable bonds is 8. The van der Waals surface area contributed by atoms with Crippen molar-refractivity contribution >= 4 is 24.1 Å². The molecule has 57 heavy (non-hydrogen) atoms. The van der Waals surface area contributed by atoms with Crippen LogP contribution in [0.15, 0.2) is 0 Å². The molecule has 6 N–H and O–H groups in total. The summed E-state index contributed by atoms with van der Waals surface area (Å²) in [6, 6.07) is -0.317. The summed E-state index contributed by atoms with van der Waals surface area (Å²) in [5, 5.41) is 70.6. The molecule has 4 saturated carbocycles. The van der Waals surface area contributed by atoms with Gasteiger partial charge in [0.25, 0.3) is 0 Å². The summed E-state index contributed by atoms with van der Waals surface area (Å²) >= 11 is 0. The van der Waals surface area contributed by atoms with Gasteiger partial charge in [-0.15, -0.1) is 0 Å². The first kappa shape index (κ1) is 42.5. The van der Waals surface area contributed by atoms with Crippen LogP contribution in [0.3, 0.4) is 0 Å². The molecule has 7 rings (SSSR count). The summed E-state index contributed by atoms with van der Waals surface area (Å²) in [6.07, 6.45) is -8.28. The molecule has 11 unspecified atom stereocenters. The van der Waals surface area contributed by atoms with E-state index in [2.05, 4.69) is 11.8 Å². The van der Waals surface area contributed by atoms with Gasteiger partial charge in [-0.1, -0.05) is 27.7 Å². The Morgan fingerprint density at radius 3 is 2.21 bits per heavy atom. The van der Waals surface area contributed by atoms with Crippen molar-refractivity contribution < 1.29 is 73.5 Å². The topological polar surface area (TPSA) is 239 Å². The van der Waals surface area contributed by atoms with E-state index in [1.165, 1.54) is 6.92 Å². The molecule has 16 nitrogen and oxygen atoms in total. The van der Waals surface area contributed by atoms with Gasteiger partial charge in [0.2, 0.25) is 0 Å². The molecule has 0 aromatic rings. The minimum Gasteiger partial charge on any atom is -0.458 e. The van der Waals surface area contributed by atoms with Crippen molar-refractivity contribution in [1.82, 2.24) is 4.90 Å². The van der Waals surface area contributed by atoms with Crippen LogP contribution in [0.25, 0.3) is 0 Å². The van der Waals surface area contributed by atoms with Crippen molar-refractivity contribution in [3.63, 3.8) is 0 Å². The quantitative estimate of drug-likeness (QED) is 0.151. The van der Waals surface area contributed by atoms with Crippen molar-refractivity contribution in [2.45, 2.75) is 172 Å². The standard InChI is InChI=1S/C41H63NO15/c1-10-19(3)33(46)56-32-27(45)26-22(17-42-16-18(2)11-12-24(42)38(26,8)51)23-15-40-31(41(23,32)52)29(53-21(5)44)28(55-35(48)49)30-36(40,6)14-13-25(39(30,9)57-40)54-34(47)37(7,50)20(4)43/h18-20,22-32,43,45,50-52H,10-17H2,1-9H3,(H,48,49)/t18-,19?,20?,22?,23?,24-,25-,26?,27+,28?,29?,30?,31?,32-,36-,37?,38?,39+,40-,41-/m0/s1. The lowest BCUT2D eigenvalue weighted by Crippen LogP contribution is -2.78. The predicted octanol–water partition coefficient (Wildman–Crippen LogP) is 1.78. The van der Waals surface area contributed by atoms with Crippen LogP contribution in [0.4, 0.5) is 4.79 Å². The van der Waals surface area contributed by atoms with Crippen LogP contribution in [0.1, 0.15) is 101 Å². The zero-order valence-corrected chi connectivity index (χ0v) is 34.5. The fourth-order valence-corrected chi connectivity index (χ4v) is 13.5. The highest BCUT2D eigenvalue weighted by Crippen LogP contribution is 2.78. The van der Waals surface area contributed by atoms with Gasteiger partial charge in [0.05, 0.1) is 35.2 Å². The summed E-state index contributed by atoms with van der Waals surface area (Å²) in [5.41, 5.74) is -10.2. The van der Waals surface area contributed by atoms with Gasteiger partial charge in [-0.2, -0.15) is 0 Å². The van der Waals surface area contributed by atoms with Gasteiger partial charge in [0, 0.05) is 43.3 Å². The Balaban J connectivity index is 1.45. The fraction of sp³-hybridized carbons (Fsp3) is 0.902. The molecule has 16 heteroatoms. The number of hydrogen-bond donors (Lipinski definition) is 6. The maximum atomic E-state index is 13.9. The van der Waals surface area contributed by atoms with E-state index in [1.807, 2.05) is 6.92 Å². The van der Waals surface area contributed by atoms with Gasteiger partial charge in [-0.3, -0.25) is 14.5 Å². The number of carboxylic acid groups (broad SMARTS) is 1. The first-order chi connectivity index (χ1) is 26.3. The lowest BCUT2D eigenvalue weighted by molar-refractivity contribution is -0.300. The number of ether oxygens (including phenoxy) is 5. The van der Waals surface area contributed by atoms with Crippen molar-refractivity contribution in [2.24, 2.45) is 46.8 Å². The molecule has 7 fully saturated rings. The number of aliphatic hydroxyl groups is 5. The lowest BCUT2D eigenvalue weighted by Gasteiger charge is -2.64. The molecule has 3 saturated heterocycles. The lowest BCUT2D eigenvalue weighted by atomic mass is 9.47. The van der Waals surface area contributed by atoms with E-state index in [1.54, 1.807) is 27.7 Å². The number of carbonyl (C=O) groups excluding carboxylic acids is 3. The molecule has 3 aliphatic heterocycles. The number of nitrogens with zero attached hydrogens (tertiary/aromatic N) is 1. The zero-order chi connectivity index (χ0) is 42.2. The maximum absolute atomic E-state index is 13.9. The molecule has 322 valence electrons. The van der Waals surface area contributed by atoms with Crippen LogP contribution >= 0.6 is 0 Å². The van der Waals surface area contributed by atoms with E-state index < -0.39 is 130 Å². The average Bonchev–Trinajstić information content (AvgIpc) is 3.40. The summed E-state index contributed by atoms with van der Waals surface area (Å²) < 4.78 is 31.4. The van der Waals surface area contributed by atoms with E-state index >= 15 is 0 Å². The van der Waals surface area contributed by atoms with Crippen molar-refractivity contribution in [3.05, 3.63) is 0 Å². The first-order valence-corrected chi connectivity index (χ1v) is 20.8. The average molecular weight is 810 g/mol. The number of piperidine rings is 2. The summed E-state index contributed by atoms with van der Waals surface area (Å²) in [5.74, 6) is -7.62. The van der Waals surface area contributed by atoms with E-state index in [9.17, 15) is 49.8 Å². The fourth-order valence-electron chi connectivity index (χ4n) is 13.5. The second kappa shape index (κ2) is 13.7. The number of carbonyl (C=O) groups is 4. The molecule has 0 radical (unpaired) electrons. The smallest absolute Gasteiger partial charge is 0.458 e. The van der Waals surface area contributed by atoms with E-state index in [0.717, 1.165) is 20.3 Å². The number of esters is 3. The first-order valence-electron chi connectivity index (χ1n) is 20.8. The summed E-state index contributed by atoms with van der Waals surface area (Å²) in [7, 11) is 0. The third kappa shape index (κ3) is 5.77. The van der Waals surface area contributed by atoms with E-state index in [-0.39, 0.29) is 25.3 Å². The molecule has 4 bridgehead atoms. The van der Waals surface area contributed by atoms with Crippen LogP contribution < -0.4 is 0 Å². The van der Waals surface area contributed by atoms with Crippen LogP contribution in [0, 0.1) is 46.8 Å². The van der Waals surface area contributed by atoms with Crippen LogP contribution in [-0.2, 0) is 38.1 Å². The van der Waals surface area contributed by atoms with Gasteiger partial charge in [0.1, 0.15) is 29.5 Å². The molecule has 20 atom stereocenters. The maximum Gasteiger partial charge on any atom is 0.506 e. The molecular weight excluding hydrogens is 746 g/mol. The SMILES string of the molecule is CCC(C)C(=O)O[C@H]1[C@H](O)C2C(CN3C[C@@H](C)CC[C@H]3C2(C)O)C2C[C@]34O[C@@]5(C)C(C(OC(=O)O)C(OC(C)=O)C3[C@@]21O)[C@]4(C)CC[C@@H]5OC(=O)C(C)(O)C(C)O. The Morgan fingerprint density at radius 1 is 0.965 bits per heavy atom. The van der Waals surface area contributed by atoms with E-state index in [4.69, 9.17) is 23.7 Å². The van der Waals surface area contributed by atoms with Crippen LogP contribution in [0.2, 0.25) is 0 Å². The second-order valence-electron chi connectivity index (χ2n) is 19.6.